The third kappa shape index (κ3) is 3.89. The fraction of sp³-hybridized carbons (Fsp3) is 0.125. The summed E-state index contributed by atoms with van der Waals surface area (Å²) in [6.45, 7) is 0. The van der Waals surface area contributed by atoms with Crippen LogP contribution in [-0.4, -0.2) is 11.2 Å². The van der Waals surface area contributed by atoms with Gasteiger partial charge in [0.25, 0.3) is 0 Å². The molecule has 0 aliphatic heterocycles. The molecule has 1 heteroatoms. The van der Waals surface area contributed by atoms with Crippen molar-refractivity contribution in [3.8, 4) is 0 Å². The molecule has 1 N–H and O–H groups in total. The molecule has 0 bridgehead atoms. The first-order valence-corrected chi connectivity index (χ1v) is 5.80. The third-order valence-electron chi connectivity index (χ3n) is 2.60. The van der Waals surface area contributed by atoms with Crippen LogP contribution >= 0.6 is 0 Å². The zero-order valence-corrected chi connectivity index (χ0v) is 9.66. The second kappa shape index (κ2) is 6.02. The highest BCUT2D eigenvalue weighted by molar-refractivity contribution is 5.49. The Balaban J connectivity index is 1.94. The van der Waals surface area contributed by atoms with Gasteiger partial charge in [-0.15, -0.1) is 0 Å². The Hall–Kier alpha value is -1.86. The quantitative estimate of drug-likeness (QED) is 0.844. The molecule has 0 aliphatic rings. The van der Waals surface area contributed by atoms with Crippen molar-refractivity contribution in [1.29, 1.82) is 0 Å². The van der Waals surface area contributed by atoms with Crippen LogP contribution in [0.3, 0.4) is 0 Å². The van der Waals surface area contributed by atoms with Gasteiger partial charge < -0.3 is 5.11 Å². The van der Waals surface area contributed by atoms with E-state index in [1.807, 2.05) is 72.8 Å². The molecule has 2 aromatic rings. The molecular weight excluding hydrogens is 208 g/mol. The van der Waals surface area contributed by atoms with Gasteiger partial charge in [-0.2, -0.15) is 0 Å². The molecule has 2 aromatic carbocycles. The van der Waals surface area contributed by atoms with Crippen molar-refractivity contribution in [3.05, 3.63) is 77.9 Å². The van der Waals surface area contributed by atoms with Gasteiger partial charge in [-0.05, 0) is 11.1 Å². The Kier molecular flexibility index (Phi) is 4.11. The van der Waals surface area contributed by atoms with E-state index in [0.29, 0.717) is 6.42 Å². The van der Waals surface area contributed by atoms with Crippen LogP contribution in [-0.2, 0) is 6.42 Å². The molecule has 86 valence electrons. The van der Waals surface area contributed by atoms with Gasteiger partial charge in [0.05, 0.1) is 6.10 Å². The Morgan fingerprint density at radius 3 is 2.12 bits per heavy atom. The van der Waals surface area contributed by atoms with E-state index < -0.39 is 6.10 Å². The minimum Gasteiger partial charge on any atom is -0.389 e. The predicted molar refractivity (Wildman–Crippen MR) is 71.6 cm³/mol. The zero-order valence-electron chi connectivity index (χ0n) is 9.66. The van der Waals surface area contributed by atoms with Crippen LogP contribution < -0.4 is 0 Å². The molecule has 0 saturated carbocycles. The van der Waals surface area contributed by atoms with E-state index in [4.69, 9.17) is 0 Å². The largest absolute Gasteiger partial charge is 0.389 e. The van der Waals surface area contributed by atoms with Crippen molar-refractivity contribution in [1.82, 2.24) is 0 Å². The van der Waals surface area contributed by atoms with Gasteiger partial charge in [-0.3, -0.25) is 0 Å². The zero-order chi connectivity index (χ0) is 11.9. The summed E-state index contributed by atoms with van der Waals surface area (Å²) in [5.41, 5.74) is 2.26. The molecule has 0 fully saturated rings. The number of rotatable bonds is 4. The molecule has 0 aliphatic carbocycles. The lowest BCUT2D eigenvalue weighted by molar-refractivity contribution is 0.224. The van der Waals surface area contributed by atoms with Gasteiger partial charge in [0.2, 0.25) is 0 Å². The summed E-state index contributed by atoms with van der Waals surface area (Å²) in [5.74, 6) is 0. The molecule has 17 heavy (non-hydrogen) atoms. The molecule has 0 saturated heterocycles. The van der Waals surface area contributed by atoms with E-state index in [9.17, 15) is 5.11 Å². The summed E-state index contributed by atoms with van der Waals surface area (Å²) in [7, 11) is 0. The number of hydrogen-bond acceptors (Lipinski definition) is 1. The third-order valence-corrected chi connectivity index (χ3v) is 2.60. The second-order valence-electron chi connectivity index (χ2n) is 4.03. The van der Waals surface area contributed by atoms with E-state index >= 15 is 0 Å². The van der Waals surface area contributed by atoms with Crippen LogP contribution in [0.1, 0.15) is 11.1 Å². The lowest BCUT2D eigenvalue weighted by atomic mass is 10.1. The van der Waals surface area contributed by atoms with Gasteiger partial charge in [-0.1, -0.05) is 72.8 Å². The average Bonchev–Trinajstić information content (AvgIpc) is 2.39. The van der Waals surface area contributed by atoms with E-state index in [0.717, 1.165) is 11.1 Å². The fourth-order valence-corrected chi connectivity index (χ4v) is 1.71. The van der Waals surface area contributed by atoms with Crippen LogP contribution in [0.15, 0.2) is 66.7 Å². The van der Waals surface area contributed by atoms with Gasteiger partial charge in [0, 0.05) is 6.42 Å². The molecular formula is C16H16O. The van der Waals surface area contributed by atoms with Crippen molar-refractivity contribution in [2.45, 2.75) is 12.5 Å². The topological polar surface area (TPSA) is 20.2 Å². The first-order valence-electron chi connectivity index (χ1n) is 5.80. The van der Waals surface area contributed by atoms with Crippen LogP contribution in [0.5, 0.6) is 0 Å². The number of benzene rings is 2. The lowest BCUT2D eigenvalue weighted by Crippen LogP contribution is -2.06. The van der Waals surface area contributed by atoms with Gasteiger partial charge >= 0.3 is 0 Å². The maximum absolute atomic E-state index is 9.88. The molecule has 0 aromatic heterocycles. The van der Waals surface area contributed by atoms with E-state index in [-0.39, 0.29) is 0 Å². The molecule has 2 rings (SSSR count). The highest BCUT2D eigenvalue weighted by atomic mass is 16.3. The number of hydrogen-bond donors (Lipinski definition) is 1. The van der Waals surface area contributed by atoms with Crippen molar-refractivity contribution in [2.75, 3.05) is 0 Å². The fourth-order valence-electron chi connectivity index (χ4n) is 1.71. The van der Waals surface area contributed by atoms with Crippen molar-refractivity contribution in [2.24, 2.45) is 0 Å². The monoisotopic (exact) mass is 224 g/mol. The number of aliphatic hydroxyl groups excluding tert-OH is 1. The van der Waals surface area contributed by atoms with E-state index in [1.54, 1.807) is 0 Å². The average molecular weight is 224 g/mol. The molecule has 0 heterocycles. The second-order valence-corrected chi connectivity index (χ2v) is 4.03. The van der Waals surface area contributed by atoms with Crippen LogP contribution in [0, 0.1) is 0 Å². The van der Waals surface area contributed by atoms with Gasteiger partial charge in [0.1, 0.15) is 0 Å². The van der Waals surface area contributed by atoms with Gasteiger partial charge in [0.15, 0.2) is 0 Å². The smallest absolute Gasteiger partial charge is 0.0764 e. The molecule has 0 amide bonds. The predicted octanol–water partition coefficient (Wildman–Crippen LogP) is 3.30. The van der Waals surface area contributed by atoms with Crippen molar-refractivity contribution in [3.63, 3.8) is 0 Å². The van der Waals surface area contributed by atoms with Crippen LogP contribution in [0.2, 0.25) is 0 Å². The van der Waals surface area contributed by atoms with Crippen molar-refractivity contribution >= 4 is 6.08 Å². The summed E-state index contributed by atoms with van der Waals surface area (Å²) in [5, 5.41) is 9.88. The Morgan fingerprint density at radius 2 is 1.47 bits per heavy atom. The minimum atomic E-state index is -0.433. The standard InChI is InChI=1S/C16H16O/c17-16(13-15-9-5-2-6-10-15)12-11-14-7-3-1-4-8-14/h1-12,16-17H,13H2. The molecule has 0 radical (unpaired) electrons. The molecule has 1 atom stereocenters. The first-order chi connectivity index (χ1) is 8.34. The van der Waals surface area contributed by atoms with Crippen molar-refractivity contribution < 1.29 is 5.11 Å². The Morgan fingerprint density at radius 1 is 0.882 bits per heavy atom. The van der Waals surface area contributed by atoms with E-state index in [2.05, 4.69) is 0 Å². The maximum Gasteiger partial charge on any atom is 0.0764 e. The minimum absolute atomic E-state index is 0.433. The summed E-state index contributed by atoms with van der Waals surface area (Å²) in [4.78, 5) is 0. The first kappa shape index (κ1) is 11.6. The van der Waals surface area contributed by atoms with Gasteiger partial charge in [-0.25, -0.2) is 0 Å². The van der Waals surface area contributed by atoms with Crippen LogP contribution in [0.4, 0.5) is 0 Å². The Bertz CT molecular complexity index is 459. The highest BCUT2D eigenvalue weighted by Gasteiger charge is 2.00. The molecule has 1 nitrogen and oxygen atoms in total. The Labute approximate surface area is 102 Å². The maximum atomic E-state index is 9.88. The molecule has 1 unspecified atom stereocenters. The lowest BCUT2D eigenvalue weighted by Gasteiger charge is -2.05. The number of aliphatic hydroxyl groups is 1. The van der Waals surface area contributed by atoms with Crippen LogP contribution in [0.25, 0.3) is 6.08 Å². The molecule has 0 spiro atoms. The summed E-state index contributed by atoms with van der Waals surface area (Å²) in [6.07, 6.45) is 4.01. The summed E-state index contributed by atoms with van der Waals surface area (Å²) < 4.78 is 0. The normalized spacial score (nSPS) is 12.8. The van der Waals surface area contributed by atoms with E-state index in [1.165, 1.54) is 0 Å². The summed E-state index contributed by atoms with van der Waals surface area (Å²) >= 11 is 0. The highest BCUT2D eigenvalue weighted by Crippen LogP contribution is 2.06. The summed E-state index contributed by atoms with van der Waals surface area (Å²) in [6, 6.07) is 20.0. The SMILES string of the molecule is OC(C=Cc1ccccc1)Cc1ccccc1.